The molecule has 0 unspecified atom stereocenters. The summed E-state index contributed by atoms with van der Waals surface area (Å²) in [5.74, 6) is 2.18. The quantitative estimate of drug-likeness (QED) is 0.386. The van der Waals surface area contributed by atoms with Crippen LogP contribution in [0.5, 0.6) is 0 Å². The first-order valence-corrected chi connectivity index (χ1v) is 11.7. The molecule has 0 radical (unpaired) electrons. The Balaban J connectivity index is 1.65. The van der Waals surface area contributed by atoms with E-state index in [9.17, 15) is 0 Å². The standard InChI is InChI=1S/C27H27N7/c1-33-14-13-29-27(33)26-31-25(30-21-11-6-12-21)24-23(19-8-3-2-4-9-19)22(17-34(24)32-26)20-10-5-7-18(15-20)16-28/h2-5,7-10,13-15,17,21H,6,11-12,16,28H2,1H3,(H,30,31,32). The van der Waals surface area contributed by atoms with Gasteiger partial charge in [0.1, 0.15) is 5.52 Å². The van der Waals surface area contributed by atoms with E-state index in [1.165, 1.54) is 6.42 Å². The Labute approximate surface area is 198 Å². The maximum atomic E-state index is 5.96. The summed E-state index contributed by atoms with van der Waals surface area (Å²) in [7, 11) is 1.96. The number of nitrogens with two attached hydrogens (primary N) is 1. The topological polar surface area (TPSA) is 86.1 Å². The fourth-order valence-electron chi connectivity index (χ4n) is 4.59. The summed E-state index contributed by atoms with van der Waals surface area (Å²) in [5, 5.41) is 8.63. The molecule has 3 aromatic heterocycles. The number of aromatic nitrogens is 5. The van der Waals surface area contributed by atoms with Gasteiger partial charge in [-0.25, -0.2) is 14.5 Å². The van der Waals surface area contributed by atoms with Gasteiger partial charge in [0.05, 0.1) is 0 Å². The Morgan fingerprint density at radius 2 is 1.88 bits per heavy atom. The summed E-state index contributed by atoms with van der Waals surface area (Å²) in [4.78, 5) is 9.50. The number of nitrogens with one attached hydrogen (secondary N) is 1. The average molecular weight is 450 g/mol. The fraction of sp³-hybridized carbons (Fsp3) is 0.222. The number of benzene rings is 2. The number of anilines is 1. The molecule has 3 heterocycles. The minimum atomic E-state index is 0.426. The number of nitrogens with zero attached hydrogens (tertiary/aromatic N) is 5. The van der Waals surface area contributed by atoms with Crippen molar-refractivity contribution in [1.29, 1.82) is 0 Å². The summed E-state index contributed by atoms with van der Waals surface area (Å²) in [6.07, 6.45) is 9.34. The molecule has 1 fully saturated rings. The first-order chi connectivity index (χ1) is 16.7. The van der Waals surface area contributed by atoms with Gasteiger partial charge in [0.15, 0.2) is 11.6 Å². The Hall–Kier alpha value is -3.97. The molecule has 0 bridgehead atoms. The average Bonchev–Trinajstić information content (AvgIpc) is 3.45. The lowest BCUT2D eigenvalue weighted by Crippen LogP contribution is -2.28. The number of aryl methyl sites for hydroxylation is 1. The molecule has 6 rings (SSSR count). The van der Waals surface area contributed by atoms with Crippen LogP contribution in [0.2, 0.25) is 0 Å². The second kappa shape index (κ2) is 8.43. The maximum absolute atomic E-state index is 5.96. The minimum absolute atomic E-state index is 0.426. The molecule has 5 aromatic rings. The van der Waals surface area contributed by atoms with Gasteiger partial charge in [-0.1, -0.05) is 48.5 Å². The third kappa shape index (κ3) is 3.54. The van der Waals surface area contributed by atoms with Gasteiger partial charge in [0.2, 0.25) is 5.82 Å². The monoisotopic (exact) mass is 449 g/mol. The number of rotatable bonds is 6. The molecule has 2 aromatic carbocycles. The van der Waals surface area contributed by atoms with E-state index in [1.807, 2.05) is 28.4 Å². The van der Waals surface area contributed by atoms with Crippen LogP contribution < -0.4 is 11.1 Å². The molecule has 34 heavy (non-hydrogen) atoms. The zero-order chi connectivity index (χ0) is 23.1. The Morgan fingerprint density at radius 3 is 2.59 bits per heavy atom. The first kappa shape index (κ1) is 20.6. The van der Waals surface area contributed by atoms with Crippen molar-refractivity contribution in [3.05, 3.63) is 78.8 Å². The van der Waals surface area contributed by atoms with Crippen LogP contribution in [0, 0.1) is 0 Å². The summed E-state index contributed by atoms with van der Waals surface area (Å²) >= 11 is 0. The Morgan fingerprint density at radius 1 is 1.06 bits per heavy atom. The first-order valence-electron chi connectivity index (χ1n) is 11.7. The molecule has 7 nitrogen and oxygen atoms in total. The number of hydrogen-bond donors (Lipinski definition) is 2. The Kier molecular flexibility index (Phi) is 5.11. The summed E-state index contributed by atoms with van der Waals surface area (Å²) in [6, 6.07) is 19.3. The summed E-state index contributed by atoms with van der Waals surface area (Å²) in [5.41, 5.74) is 12.5. The lowest BCUT2D eigenvalue weighted by molar-refractivity contribution is 0.444. The largest absolute Gasteiger partial charge is 0.365 e. The normalized spacial score (nSPS) is 13.8. The van der Waals surface area contributed by atoms with E-state index in [0.29, 0.717) is 18.4 Å². The van der Waals surface area contributed by atoms with Gasteiger partial charge in [-0.2, -0.15) is 0 Å². The van der Waals surface area contributed by atoms with Crippen molar-refractivity contribution >= 4 is 11.3 Å². The molecule has 7 heteroatoms. The van der Waals surface area contributed by atoms with Crippen molar-refractivity contribution in [3.63, 3.8) is 0 Å². The minimum Gasteiger partial charge on any atom is -0.365 e. The fourth-order valence-corrected chi connectivity index (χ4v) is 4.59. The van der Waals surface area contributed by atoms with E-state index in [0.717, 1.165) is 57.8 Å². The Bertz CT molecular complexity index is 1460. The van der Waals surface area contributed by atoms with Gasteiger partial charge in [-0.3, -0.25) is 0 Å². The highest BCUT2D eigenvalue weighted by molar-refractivity contribution is 5.99. The second-order valence-electron chi connectivity index (χ2n) is 8.90. The highest BCUT2D eigenvalue weighted by atomic mass is 15.3. The lowest BCUT2D eigenvalue weighted by atomic mass is 9.93. The van der Waals surface area contributed by atoms with Crippen molar-refractivity contribution in [3.8, 4) is 33.9 Å². The van der Waals surface area contributed by atoms with Crippen molar-refractivity contribution < 1.29 is 0 Å². The molecular weight excluding hydrogens is 422 g/mol. The van der Waals surface area contributed by atoms with Crippen molar-refractivity contribution in [2.24, 2.45) is 12.8 Å². The van der Waals surface area contributed by atoms with Crippen LogP contribution in [0.3, 0.4) is 0 Å². The highest BCUT2D eigenvalue weighted by Gasteiger charge is 2.25. The predicted octanol–water partition coefficient (Wildman–Crippen LogP) is 4.89. The maximum Gasteiger partial charge on any atom is 0.218 e. The van der Waals surface area contributed by atoms with Crippen LogP contribution in [-0.4, -0.2) is 30.2 Å². The smallest absolute Gasteiger partial charge is 0.218 e. The SMILES string of the molecule is Cn1ccnc1-c1nc(NC2CCC2)c2c(-c3ccccc3)c(-c3cccc(CN)c3)cn2n1. The van der Waals surface area contributed by atoms with Gasteiger partial charge in [-0.05, 0) is 42.0 Å². The van der Waals surface area contributed by atoms with E-state index in [-0.39, 0.29) is 0 Å². The summed E-state index contributed by atoms with van der Waals surface area (Å²) in [6.45, 7) is 0.499. The number of hydrogen-bond acceptors (Lipinski definition) is 5. The van der Waals surface area contributed by atoms with Crippen LogP contribution >= 0.6 is 0 Å². The molecule has 0 spiro atoms. The van der Waals surface area contributed by atoms with Crippen molar-refractivity contribution in [2.75, 3.05) is 5.32 Å². The second-order valence-corrected chi connectivity index (χ2v) is 8.90. The molecule has 1 aliphatic carbocycles. The van der Waals surface area contributed by atoms with Gasteiger partial charge in [-0.15, -0.1) is 5.10 Å². The molecule has 1 aliphatic rings. The van der Waals surface area contributed by atoms with Crippen molar-refractivity contribution in [2.45, 2.75) is 31.8 Å². The van der Waals surface area contributed by atoms with Gasteiger partial charge < -0.3 is 15.6 Å². The van der Waals surface area contributed by atoms with E-state index in [1.54, 1.807) is 6.20 Å². The van der Waals surface area contributed by atoms with E-state index in [2.05, 4.69) is 65.0 Å². The van der Waals surface area contributed by atoms with Crippen LogP contribution in [-0.2, 0) is 13.6 Å². The van der Waals surface area contributed by atoms with Crippen LogP contribution in [0.15, 0.2) is 73.2 Å². The van der Waals surface area contributed by atoms with Crippen LogP contribution in [0.4, 0.5) is 5.82 Å². The van der Waals surface area contributed by atoms with E-state index in [4.69, 9.17) is 15.8 Å². The third-order valence-corrected chi connectivity index (χ3v) is 6.63. The molecular formula is C27H27N7. The third-order valence-electron chi connectivity index (χ3n) is 6.63. The van der Waals surface area contributed by atoms with E-state index < -0.39 is 0 Å². The number of imidazole rings is 1. The van der Waals surface area contributed by atoms with Crippen molar-refractivity contribution in [1.82, 2.24) is 24.1 Å². The highest BCUT2D eigenvalue weighted by Crippen LogP contribution is 2.40. The van der Waals surface area contributed by atoms with E-state index >= 15 is 0 Å². The van der Waals surface area contributed by atoms with Crippen LogP contribution in [0.25, 0.3) is 39.4 Å². The zero-order valence-corrected chi connectivity index (χ0v) is 19.1. The lowest BCUT2D eigenvalue weighted by Gasteiger charge is -2.27. The number of fused-ring (bicyclic) bond motifs is 1. The van der Waals surface area contributed by atoms with Gasteiger partial charge >= 0.3 is 0 Å². The molecule has 0 amide bonds. The zero-order valence-electron chi connectivity index (χ0n) is 19.1. The summed E-state index contributed by atoms with van der Waals surface area (Å²) < 4.78 is 3.91. The van der Waals surface area contributed by atoms with Gasteiger partial charge in [0, 0.05) is 49.4 Å². The molecule has 3 N–H and O–H groups in total. The van der Waals surface area contributed by atoms with Gasteiger partial charge in [0.25, 0.3) is 0 Å². The molecule has 0 atom stereocenters. The molecule has 0 aliphatic heterocycles. The molecule has 0 saturated heterocycles. The van der Waals surface area contributed by atoms with Crippen LogP contribution in [0.1, 0.15) is 24.8 Å². The molecule has 170 valence electrons. The predicted molar refractivity (Wildman–Crippen MR) is 135 cm³/mol. The molecule has 1 saturated carbocycles.